The Balaban J connectivity index is 1.50. The zero-order chi connectivity index (χ0) is 16.9. The lowest BCUT2D eigenvalue weighted by Gasteiger charge is -2.32. The number of piperidine rings is 1. The number of rotatable bonds is 6. The molecule has 1 amide bonds. The molecule has 2 aromatic rings. The van der Waals surface area contributed by atoms with Crippen LogP contribution in [0.15, 0.2) is 10.7 Å². The average Bonchev–Trinajstić information content (AvgIpc) is 3.22. The summed E-state index contributed by atoms with van der Waals surface area (Å²) >= 11 is 0. The lowest BCUT2D eigenvalue weighted by molar-refractivity contribution is -0.133. The van der Waals surface area contributed by atoms with Crippen LogP contribution in [0.5, 0.6) is 0 Å². The van der Waals surface area contributed by atoms with E-state index in [2.05, 4.69) is 27.3 Å². The molecule has 3 heterocycles. The van der Waals surface area contributed by atoms with E-state index in [1.54, 1.807) is 0 Å². The Morgan fingerprint density at radius 2 is 2.38 bits per heavy atom. The van der Waals surface area contributed by atoms with Crippen molar-refractivity contribution in [1.82, 2.24) is 25.2 Å². The highest BCUT2D eigenvalue weighted by Crippen LogP contribution is 2.22. The molecule has 0 aromatic carbocycles. The molecule has 2 aromatic heterocycles. The molecule has 1 N–H and O–H groups in total. The van der Waals surface area contributed by atoms with Crippen molar-refractivity contribution in [2.75, 3.05) is 13.1 Å². The number of aromatic amines is 1. The zero-order valence-corrected chi connectivity index (χ0v) is 14.4. The highest BCUT2D eigenvalue weighted by atomic mass is 16.5. The molecule has 7 heteroatoms. The first-order valence-electron chi connectivity index (χ1n) is 8.73. The number of likely N-dealkylation sites (tertiary alicyclic amines) is 1. The van der Waals surface area contributed by atoms with Crippen LogP contribution in [0.3, 0.4) is 0 Å². The number of carbonyl (C=O) groups excluding carboxylic acids is 1. The summed E-state index contributed by atoms with van der Waals surface area (Å²) < 4.78 is 5.15. The lowest BCUT2D eigenvalue weighted by Crippen LogP contribution is -2.40. The molecular weight excluding hydrogens is 306 g/mol. The van der Waals surface area contributed by atoms with Gasteiger partial charge >= 0.3 is 0 Å². The van der Waals surface area contributed by atoms with Crippen LogP contribution in [0.25, 0.3) is 0 Å². The van der Waals surface area contributed by atoms with Crippen molar-refractivity contribution >= 4 is 5.91 Å². The largest absolute Gasteiger partial charge is 0.342 e. The van der Waals surface area contributed by atoms with Gasteiger partial charge in [0.25, 0.3) is 0 Å². The van der Waals surface area contributed by atoms with Gasteiger partial charge in [0, 0.05) is 38.0 Å². The van der Waals surface area contributed by atoms with Gasteiger partial charge in [-0.1, -0.05) is 12.1 Å². The first kappa shape index (κ1) is 16.7. The Bertz CT molecular complexity index is 678. The predicted octanol–water partition coefficient (Wildman–Crippen LogP) is 2.08. The van der Waals surface area contributed by atoms with Crippen LogP contribution in [0.2, 0.25) is 0 Å². The second kappa shape index (κ2) is 7.59. The standard InChI is InChI=1S/C17H25N5O2/c1-3-15-19-16(24-21-15)6-7-17(23)22-8-4-5-13(11-22)9-14-12(2)10-18-20-14/h10,13H,3-9,11H2,1-2H3,(H,18,20)/t13-/m0/s1. The van der Waals surface area contributed by atoms with Gasteiger partial charge < -0.3 is 9.42 Å². The highest BCUT2D eigenvalue weighted by molar-refractivity contribution is 5.76. The van der Waals surface area contributed by atoms with E-state index in [-0.39, 0.29) is 5.91 Å². The van der Waals surface area contributed by atoms with E-state index in [0.29, 0.717) is 30.5 Å². The molecule has 0 saturated carbocycles. The number of aromatic nitrogens is 4. The monoisotopic (exact) mass is 331 g/mol. The van der Waals surface area contributed by atoms with Crippen LogP contribution in [-0.4, -0.2) is 44.2 Å². The molecule has 24 heavy (non-hydrogen) atoms. The Morgan fingerprint density at radius 1 is 1.50 bits per heavy atom. The number of H-pyrrole nitrogens is 1. The number of hydrogen-bond acceptors (Lipinski definition) is 5. The molecule has 1 aliphatic rings. The maximum atomic E-state index is 12.5. The van der Waals surface area contributed by atoms with Gasteiger partial charge in [0.15, 0.2) is 5.82 Å². The van der Waals surface area contributed by atoms with Gasteiger partial charge in [0.05, 0.1) is 6.20 Å². The predicted molar refractivity (Wildman–Crippen MR) is 88.3 cm³/mol. The number of amides is 1. The van der Waals surface area contributed by atoms with Crippen LogP contribution in [-0.2, 0) is 24.1 Å². The summed E-state index contributed by atoms with van der Waals surface area (Å²) in [5.74, 6) is 1.93. The third-order valence-corrected chi connectivity index (χ3v) is 4.68. The number of nitrogens with one attached hydrogen (secondary N) is 1. The van der Waals surface area contributed by atoms with E-state index in [4.69, 9.17) is 4.52 Å². The normalized spacial score (nSPS) is 18.1. The Morgan fingerprint density at radius 3 is 3.08 bits per heavy atom. The number of aryl methyl sites for hydroxylation is 3. The smallest absolute Gasteiger partial charge is 0.227 e. The summed E-state index contributed by atoms with van der Waals surface area (Å²) in [6, 6.07) is 0. The van der Waals surface area contributed by atoms with Gasteiger partial charge in [-0.2, -0.15) is 10.1 Å². The van der Waals surface area contributed by atoms with E-state index < -0.39 is 0 Å². The van der Waals surface area contributed by atoms with E-state index in [1.807, 2.05) is 18.0 Å². The van der Waals surface area contributed by atoms with E-state index in [0.717, 1.165) is 38.8 Å². The Hall–Kier alpha value is -2.18. The van der Waals surface area contributed by atoms with Crippen LogP contribution >= 0.6 is 0 Å². The summed E-state index contributed by atoms with van der Waals surface area (Å²) in [5, 5.41) is 11.0. The molecular formula is C17H25N5O2. The van der Waals surface area contributed by atoms with E-state index in [9.17, 15) is 4.79 Å². The van der Waals surface area contributed by atoms with Gasteiger partial charge in [-0.15, -0.1) is 0 Å². The lowest BCUT2D eigenvalue weighted by atomic mass is 9.92. The zero-order valence-electron chi connectivity index (χ0n) is 14.4. The second-order valence-electron chi connectivity index (χ2n) is 6.54. The molecule has 1 atom stereocenters. The van der Waals surface area contributed by atoms with Gasteiger partial charge in [0.1, 0.15) is 0 Å². The summed E-state index contributed by atoms with van der Waals surface area (Å²) in [6.45, 7) is 5.72. The van der Waals surface area contributed by atoms with Crippen LogP contribution < -0.4 is 0 Å². The number of nitrogens with zero attached hydrogens (tertiary/aromatic N) is 4. The molecule has 0 bridgehead atoms. The van der Waals surface area contributed by atoms with Crippen LogP contribution in [0.1, 0.15) is 49.2 Å². The minimum absolute atomic E-state index is 0.178. The fourth-order valence-electron chi connectivity index (χ4n) is 3.23. The molecule has 0 radical (unpaired) electrons. The summed E-state index contributed by atoms with van der Waals surface area (Å²) in [4.78, 5) is 18.7. The minimum Gasteiger partial charge on any atom is -0.342 e. The summed E-state index contributed by atoms with van der Waals surface area (Å²) in [7, 11) is 0. The maximum Gasteiger partial charge on any atom is 0.227 e. The van der Waals surface area contributed by atoms with E-state index >= 15 is 0 Å². The second-order valence-corrected chi connectivity index (χ2v) is 6.54. The fourth-order valence-corrected chi connectivity index (χ4v) is 3.23. The minimum atomic E-state index is 0.178. The maximum absolute atomic E-state index is 12.5. The van der Waals surface area contributed by atoms with Gasteiger partial charge in [0.2, 0.25) is 11.8 Å². The van der Waals surface area contributed by atoms with Gasteiger partial charge in [-0.25, -0.2) is 0 Å². The fraction of sp³-hybridized carbons (Fsp3) is 0.647. The highest BCUT2D eigenvalue weighted by Gasteiger charge is 2.24. The molecule has 1 aliphatic heterocycles. The Kier molecular flexibility index (Phi) is 5.27. The van der Waals surface area contributed by atoms with Gasteiger partial charge in [-0.3, -0.25) is 9.89 Å². The van der Waals surface area contributed by atoms with Crippen molar-refractivity contribution < 1.29 is 9.32 Å². The van der Waals surface area contributed by atoms with Crippen LogP contribution in [0, 0.1) is 12.8 Å². The van der Waals surface area contributed by atoms with Crippen LogP contribution in [0.4, 0.5) is 0 Å². The topological polar surface area (TPSA) is 87.9 Å². The van der Waals surface area contributed by atoms with Crippen molar-refractivity contribution in [2.45, 2.75) is 52.4 Å². The third kappa shape index (κ3) is 4.01. The number of hydrogen-bond donors (Lipinski definition) is 1. The average molecular weight is 331 g/mol. The first-order valence-corrected chi connectivity index (χ1v) is 8.73. The summed E-state index contributed by atoms with van der Waals surface area (Å²) in [5.41, 5.74) is 2.38. The molecule has 0 unspecified atom stereocenters. The summed E-state index contributed by atoms with van der Waals surface area (Å²) in [6.07, 6.45) is 6.73. The molecule has 1 saturated heterocycles. The molecule has 1 fully saturated rings. The molecule has 0 aliphatic carbocycles. The van der Waals surface area contributed by atoms with E-state index in [1.165, 1.54) is 11.3 Å². The molecule has 7 nitrogen and oxygen atoms in total. The van der Waals surface area contributed by atoms with Gasteiger partial charge in [-0.05, 0) is 37.7 Å². The molecule has 0 spiro atoms. The van der Waals surface area contributed by atoms with Crippen molar-refractivity contribution in [3.05, 3.63) is 29.2 Å². The van der Waals surface area contributed by atoms with Crippen molar-refractivity contribution in [3.8, 4) is 0 Å². The third-order valence-electron chi connectivity index (χ3n) is 4.68. The van der Waals surface area contributed by atoms with Crippen molar-refractivity contribution in [2.24, 2.45) is 5.92 Å². The SMILES string of the molecule is CCc1noc(CCC(=O)N2CCC[C@@H](Cc3[nH]ncc3C)C2)n1. The molecule has 130 valence electrons. The quantitative estimate of drug-likeness (QED) is 0.875. The van der Waals surface area contributed by atoms with Crippen molar-refractivity contribution in [1.29, 1.82) is 0 Å². The van der Waals surface area contributed by atoms with Crippen molar-refractivity contribution in [3.63, 3.8) is 0 Å². The number of carbonyl (C=O) groups is 1. The molecule has 3 rings (SSSR count). The Labute approximate surface area is 141 Å². The first-order chi connectivity index (χ1) is 11.7.